The quantitative estimate of drug-likeness (QED) is 0.156. The number of anilines is 2. The Labute approximate surface area is 341 Å². The zero-order valence-corrected chi connectivity index (χ0v) is 30.3. The van der Waals surface area contributed by atoms with Crippen LogP contribution in [0.4, 0.5) is 24.7 Å². The molecule has 5 aromatic rings. The molecule has 3 N–H and O–H groups in total. The van der Waals surface area contributed by atoms with Gasteiger partial charge in [-0.15, -0.1) is 0 Å². The van der Waals surface area contributed by atoms with E-state index in [1.165, 1.54) is 6.33 Å². The van der Waals surface area contributed by atoms with Gasteiger partial charge in [0.25, 0.3) is 11.8 Å². The fourth-order valence-electron chi connectivity index (χ4n) is 7.86. The van der Waals surface area contributed by atoms with Crippen molar-refractivity contribution in [3.8, 4) is 22.8 Å². The first-order valence-electron chi connectivity index (χ1n) is 22.4. The highest BCUT2D eigenvalue weighted by molar-refractivity contribution is 6.24. The Bertz CT molecular complexity index is 2820. The summed E-state index contributed by atoms with van der Waals surface area (Å²) in [5.74, 6) is -11.3. The van der Waals surface area contributed by atoms with E-state index in [0.717, 1.165) is 0 Å². The topological polar surface area (TPSA) is 169 Å². The summed E-state index contributed by atoms with van der Waals surface area (Å²) in [4.78, 5) is 59.6. The number of nitrogens with one attached hydrogen (secondary N) is 1. The third-order valence-corrected chi connectivity index (χ3v) is 10.7. The second kappa shape index (κ2) is 14.9. The van der Waals surface area contributed by atoms with Crippen LogP contribution in [0.25, 0.3) is 22.3 Å². The first-order chi connectivity index (χ1) is 31.1. The number of hydrogen-bond acceptors (Lipinski definition) is 11. The second-order valence-electron chi connectivity index (χ2n) is 14.2. The Morgan fingerprint density at radius 3 is 2.17 bits per heavy atom. The molecule has 3 fully saturated rings. The lowest BCUT2D eigenvalue weighted by Crippen LogP contribution is -2.54. The molecule has 3 aromatic carbocycles. The molecule has 58 heavy (non-hydrogen) atoms. The number of benzene rings is 3. The molecule has 14 nitrogen and oxygen atoms in total. The molecule has 0 spiro atoms. The largest absolute Gasteiger partial charge is 0.457 e. The van der Waals surface area contributed by atoms with Crippen molar-refractivity contribution in [2.75, 3.05) is 43.2 Å². The fourth-order valence-corrected chi connectivity index (χ4v) is 7.86. The van der Waals surface area contributed by atoms with Crippen molar-refractivity contribution >= 4 is 46.2 Å². The number of ether oxygens (including phenoxy) is 1. The highest BCUT2D eigenvalue weighted by Crippen LogP contribution is 2.40. The van der Waals surface area contributed by atoms with Crippen molar-refractivity contribution in [3.63, 3.8) is 0 Å². The van der Waals surface area contributed by atoms with E-state index in [1.807, 2.05) is 47.8 Å². The number of imide groups is 2. The Morgan fingerprint density at radius 2 is 1.48 bits per heavy atom. The maximum absolute atomic E-state index is 16.6. The summed E-state index contributed by atoms with van der Waals surface area (Å²) in [6.45, 7) is -15.6. The summed E-state index contributed by atoms with van der Waals surface area (Å²) in [5, 5.41) is 7.29. The number of amides is 4. The van der Waals surface area contributed by atoms with Crippen molar-refractivity contribution in [3.05, 3.63) is 89.5 Å². The average molecular weight is 802 g/mol. The second-order valence-corrected chi connectivity index (χ2v) is 14.2. The first-order valence-corrected chi connectivity index (χ1v) is 18.4. The van der Waals surface area contributed by atoms with Gasteiger partial charge in [0.1, 0.15) is 41.1 Å². The van der Waals surface area contributed by atoms with E-state index in [1.54, 1.807) is 16.8 Å². The molecule has 298 valence electrons. The van der Waals surface area contributed by atoms with Gasteiger partial charge in [-0.25, -0.2) is 27.8 Å². The van der Waals surface area contributed by atoms with Crippen LogP contribution in [0.1, 0.15) is 76.2 Å². The molecule has 3 aliphatic heterocycles. The number of hydrogen-bond donors (Lipinski definition) is 2. The average Bonchev–Trinajstić information content (AvgIpc) is 3.79. The number of para-hydroxylation sites is 1. The Morgan fingerprint density at radius 1 is 0.810 bits per heavy atom. The number of halogens is 3. The molecule has 9 rings (SSSR count). The molecule has 5 heterocycles. The highest BCUT2D eigenvalue weighted by Gasteiger charge is 2.49. The van der Waals surface area contributed by atoms with E-state index in [4.69, 9.17) is 26.5 Å². The lowest BCUT2D eigenvalue weighted by molar-refractivity contribution is -0.136. The van der Waals surface area contributed by atoms with Gasteiger partial charge in [-0.05, 0) is 74.4 Å². The molecular weight excluding hydrogens is 756 g/mol. The minimum Gasteiger partial charge on any atom is -0.457 e. The number of carbonyl (C=O) groups is 4. The zero-order chi connectivity index (χ0) is 47.4. The lowest BCUT2D eigenvalue weighted by atomic mass is 9.85. The highest BCUT2D eigenvalue weighted by atomic mass is 19.2. The van der Waals surface area contributed by atoms with E-state index in [0.29, 0.717) is 51.5 Å². The standard InChI is InChI=1S/C41H38F3N9O5/c42-32-29-30(41(57)52(40(29)56)27-14-15-28(54)48-39(27)55)33(43)36(34(32)44)51-18-16-50(17-19-51)20-22-6-10-24(11-7-22)53-38-31(37(45)46-21-47-38)35(49-53)23-8-12-26(13-9-23)58-25-4-2-1-3-5-25/h1-5,8-9,12-13,21-22,24,27H,6-7,10-11,14-20H2,(H2,45,46,47)(H,48,54,55)/i16D2,17D2,18D2,19D2. The Balaban J connectivity index is 0.971. The maximum Gasteiger partial charge on any atom is 0.265 e. The van der Waals surface area contributed by atoms with Gasteiger partial charge in [0.15, 0.2) is 23.1 Å². The van der Waals surface area contributed by atoms with Gasteiger partial charge in [0, 0.05) is 50.0 Å². The lowest BCUT2D eigenvalue weighted by Gasteiger charge is -2.39. The molecule has 2 aromatic heterocycles. The molecule has 1 aliphatic carbocycles. The fraction of sp³-hybridized carbons (Fsp3) is 0.341. The van der Waals surface area contributed by atoms with E-state index in [2.05, 4.69) is 9.97 Å². The molecule has 4 aliphatic rings. The van der Waals surface area contributed by atoms with Gasteiger partial charge < -0.3 is 15.4 Å². The predicted molar refractivity (Wildman–Crippen MR) is 204 cm³/mol. The number of nitrogens with zero attached hydrogens (tertiary/aromatic N) is 7. The van der Waals surface area contributed by atoms with Crippen LogP contribution in [0.5, 0.6) is 11.5 Å². The van der Waals surface area contributed by atoms with Crippen molar-refractivity contribution in [1.29, 1.82) is 0 Å². The van der Waals surface area contributed by atoms with Crippen LogP contribution in [0, 0.1) is 23.4 Å². The molecule has 0 radical (unpaired) electrons. The Kier molecular flexibility index (Phi) is 7.42. The number of fused-ring (bicyclic) bond motifs is 2. The van der Waals surface area contributed by atoms with Gasteiger partial charge in [0.05, 0.1) is 28.0 Å². The summed E-state index contributed by atoms with van der Waals surface area (Å²) in [6.07, 6.45) is 1.75. The number of nitrogens with two attached hydrogens (primary N) is 1. The summed E-state index contributed by atoms with van der Waals surface area (Å²) in [5.41, 5.74) is 2.98. The predicted octanol–water partition coefficient (Wildman–Crippen LogP) is 5.24. The number of piperidine rings is 1. The maximum atomic E-state index is 16.6. The zero-order valence-electron chi connectivity index (χ0n) is 38.3. The van der Waals surface area contributed by atoms with Gasteiger partial charge in [0.2, 0.25) is 11.8 Å². The molecule has 2 saturated heterocycles. The number of nitrogen functional groups attached to an aromatic ring is 1. The monoisotopic (exact) mass is 801 g/mol. The van der Waals surface area contributed by atoms with Gasteiger partial charge >= 0.3 is 0 Å². The van der Waals surface area contributed by atoms with Crippen molar-refractivity contribution in [1.82, 2.24) is 34.9 Å². The van der Waals surface area contributed by atoms with E-state index >= 15 is 13.2 Å². The summed E-state index contributed by atoms with van der Waals surface area (Å²) in [7, 11) is 0. The third kappa shape index (κ3) is 6.48. The van der Waals surface area contributed by atoms with Gasteiger partial charge in [-0.1, -0.05) is 18.2 Å². The summed E-state index contributed by atoms with van der Waals surface area (Å²) >= 11 is 0. The smallest absolute Gasteiger partial charge is 0.265 e. The van der Waals surface area contributed by atoms with Crippen molar-refractivity contribution in [2.45, 2.75) is 50.6 Å². The molecule has 1 saturated carbocycles. The van der Waals surface area contributed by atoms with Gasteiger partial charge in [-0.3, -0.25) is 34.3 Å². The van der Waals surface area contributed by atoms with Gasteiger partial charge in [-0.2, -0.15) is 5.10 Å². The number of rotatable bonds is 8. The van der Waals surface area contributed by atoms with Crippen LogP contribution in [0.3, 0.4) is 0 Å². The Hall–Kier alpha value is -6.36. The van der Waals surface area contributed by atoms with Crippen LogP contribution in [0.15, 0.2) is 60.9 Å². The first kappa shape index (κ1) is 28.9. The molecule has 17 heteroatoms. The van der Waals surface area contributed by atoms with Crippen LogP contribution in [-0.4, -0.2) is 91.8 Å². The normalized spacial score (nSPS) is 27.0. The van der Waals surface area contributed by atoms with E-state index in [-0.39, 0.29) is 36.0 Å². The third-order valence-electron chi connectivity index (χ3n) is 10.7. The number of piperazine rings is 1. The van der Waals surface area contributed by atoms with Crippen LogP contribution < -0.4 is 20.7 Å². The molecule has 0 bridgehead atoms. The molecule has 1 atom stereocenters. The number of aromatic nitrogens is 4. The van der Waals surface area contributed by atoms with E-state index in [9.17, 15) is 19.2 Å². The number of carbonyl (C=O) groups excluding carboxylic acids is 4. The summed E-state index contributed by atoms with van der Waals surface area (Å²) in [6, 6.07) is 14.3. The minimum absolute atomic E-state index is 0.106. The minimum atomic E-state index is -3.91. The molecular formula is C41H38F3N9O5. The van der Waals surface area contributed by atoms with Crippen LogP contribution in [0.2, 0.25) is 0 Å². The molecule has 1 unspecified atom stereocenters. The molecule has 4 amide bonds. The van der Waals surface area contributed by atoms with E-state index < -0.39 is 114 Å². The van der Waals surface area contributed by atoms with Crippen LogP contribution >= 0.6 is 0 Å². The summed E-state index contributed by atoms with van der Waals surface area (Å²) < 4.78 is 128. The van der Waals surface area contributed by atoms with Crippen molar-refractivity contribution < 1.29 is 48.1 Å². The SMILES string of the molecule is [2H]C1([2H])N(CC2CCC(n3nc(-c4ccc(Oc5ccccc5)cc4)c4c(N)ncnc43)CC2)C([2H])([2H])C([2H])([2H])N(c2c(F)c(F)c3c(c2F)C(=O)N(C2CCC(=O)NC2=O)C3=O)C1([2H])[2H]. The van der Waals surface area contributed by atoms with Crippen LogP contribution in [-0.2, 0) is 9.59 Å². The van der Waals surface area contributed by atoms with Crippen molar-refractivity contribution in [2.24, 2.45) is 5.92 Å².